The highest BCUT2D eigenvalue weighted by Gasteiger charge is 2.38. The van der Waals surface area contributed by atoms with E-state index in [0.717, 1.165) is 6.04 Å². The minimum Gasteiger partial charge on any atom is -0.310 e. The molecule has 1 atom stereocenters. The normalized spacial score (nSPS) is 33.6. The van der Waals surface area contributed by atoms with E-state index < -0.39 is 0 Å². The van der Waals surface area contributed by atoms with Gasteiger partial charge in [-0.15, -0.1) is 0 Å². The fourth-order valence-electron chi connectivity index (χ4n) is 4.47. The van der Waals surface area contributed by atoms with Crippen molar-refractivity contribution in [3.8, 4) is 0 Å². The number of rotatable bonds is 2. The summed E-state index contributed by atoms with van der Waals surface area (Å²) in [5, 5.41) is 3.90. The second kappa shape index (κ2) is 6.11. The van der Waals surface area contributed by atoms with Crippen LogP contribution in [0.1, 0.15) is 51.9 Å². The maximum absolute atomic E-state index is 3.90. The highest BCUT2D eigenvalue weighted by atomic mass is 15.3. The molecule has 3 rings (SSSR count). The Hall–Kier alpha value is -0.120. The van der Waals surface area contributed by atoms with E-state index in [2.05, 4.69) is 22.0 Å². The van der Waals surface area contributed by atoms with Gasteiger partial charge in [0, 0.05) is 24.7 Å². The van der Waals surface area contributed by atoms with Crippen molar-refractivity contribution < 1.29 is 0 Å². The monoisotopic (exact) mass is 265 g/mol. The van der Waals surface area contributed by atoms with Crippen LogP contribution in [-0.4, -0.2) is 60.6 Å². The molecule has 3 fully saturated rings. The number of piperidine rings is 1. The highest BCUT2D eigenvalue weighted by molar-refractivity contribution is 4.98. The molecule has 0 aromatic rings. The predicted octanol–water partition coefficient (Wildman–Crippen LogP) is 2.08. The Balaban J connectivity index is 1.65. The second-order valence-corrected chi connectivity index (χ2v) is 6.93. The molecule has 110 valence electrons. The average Bonchev–Trinajstić information content (AvgIpc) is 2.79. The molecule has 1 unspecified atom stereocenters. The Bertz CT molecular complexity index is 286. The number of nitrogens with zero attached hydrogens (tertiary/aromatic N) is 2. The van der Waals surface area contributed by atoms with Crippen LogP contribution in [0.5, 0.6) is 0 Å². The SMILES string of the molecule is CCN1CCCC(N2CCCNC3(CCCC3)C2)C1. The summed E-state index contributed by atoms with van der Waals surface area (Å²) in [5.74, 6) is 0. The highest BCUT2D eigenvalue weighted by Crippen LogP contribution is 2.33. The Morgan fingerprint density at radius 1 is 1.11 bits per heavy atom. The van der Waals surface area contributed by atoms with Gasteiger partial charge in [0.25, 0.3) is 0 Å². The summed E-state index contributed by atoms with van der Waals surface area (Å²) < 4.78 is 0. The number of nitrogens with one attached hydrogen (secondary N) is 1. The molecule has 1 N–H and O–H groups in total. The van der Waals surface area contributed by atoms with E-state index in [1.165, 1.54) is 84.2 Å². The summed E-state index contributed by atoms with van der Waals surface area (Å²) in [4.78, 5) is 5.49. The van der Waals surface area contributed by atoms with Crippen LogP contribution in [0.3, 0.4) is 0 Å². The molecule has 2 saturated heterocycles. The van der Waals surface area contributed by atoms with Crippen LogP contribution < -0.4 is 5.32 Å². The van der Waals surface area contributed by atoms with Crippen molar-refractivity contribution in [2.75, 3.05) is 39.3 Å². The van der Waals surface area contributed by atoms with Gasteiger partial charge in [0.05, 0.1) is 0 Å². The molecule has 1 saturated carbocycles. The average molecular weight is 265 g/mol. The van der Waals surface area contributed by atoms with Crippen molar-refractivity contribution in [1.82, 2.24) is 15.1 Å². The zero-order chi connectivity index (χ0) is 13.1. The maximum atomic E-state index is 3.90. The molecule has 0 radical (unpaired) electrons. The topological polar surface area (TPSA) is 18.5 Å². The van der Waals surface area contributed by atoms with Crippen molar-refractivity contribution in [2.24, 2.45) is 0 Å². The molecule has 3 nitrogen and oxygen atoms in total. The summed E-state index contributed by atoms with van der Waals surface area (Å²) in [6, 6.07) is 0.825. The van der Waals surface area contributed by atoms with E-state index >= 15 is 0 Å². The third-order valence-corrected chi connectivity index (χ3v) is 5.63. The van der Waals surface area contributed by atoms with Gasteiger partial charge in [-0.2, -0.15) is 0 Å². The number of likely N-dealkylation sites (tertiary alicyclic amines) is 1. The molecule has 0 bridgehead atoms. The van der Waals surface area contributed by atoms with Crippen LogP contribution in [0.25, 0.3) is 0 Å². The van der Waals surface area contributed by atoms with E-state index in [1.807, 2.05) is 0 Å². The molecule has 3 heteroatoms. The van der Waals surface area contributed by atoms with E-state index in [1.54, 1.807) is 0 Å². The lowest BCUT2D eigenvalue weighted by Gasteiger charge is -2.42. The second-order valence-electron chi connectivity index (χ2n) is 6.93. The molecular formula is C16H31N3. The zero-order valence-electron chi connectivity index (χ0n) is 12.7. The Morgan fingerprint density at radius 3 is 2.74 bits per heavy atom. The van der Waals surface area contributed by atoms with Crippen molar-refractivity contribution in [3.63, 3.8) is 0 Å². The third kappa shape index (κ3) is 3.14. The molecule has 0 amide bonds. The van der Waals surface area contributed by atoms with E-state index in [4.69, 9.17) is 0 Å². The van der Waals surface area contributed by atoms with Gasteiger partial charge >= 0.3 is 0 Å². The zero-order valence-corrected chi connectivity index (χ0v) is 12.7. The number of likely N-dealkylation sites (N-methyl/N-ethyl adjacent to an activating group) is 1. The molecule has 1 spiro atoms. The lowest BCUT2D eigenvalue weighted by atomic mass is 9.95. The van der Waals surface area contributed by atoms with Gasteiger partial charge in [0.1, 0.15) is 0 Å². The largest absolute Gasteiger partial charge is 0.310 e. The lowest BCUT2D eigenvalue weighted by Crippen LogP contribution is -2.54. The standard InChI is InChI=1S/C16H31N3/c1-2-18-11-5-7-15(13-18)19-12-6-10-17-16(14-19)8-3-4-9-16/h15,17H,2-14H2,1H3. The molecule has 0 aromatic heterocycles. The first-order valence-electron chi connectivity index (χ1n) is 8.53. The van der Waals surface area contributed by atoms with Crippen molar-refractivity contribution in [3.05, 3.63) is 0 Å². The first-order valence-corrected chi connectivity index (χ1v) is 8.53. The first-order chi connectivity index (χ1) is 9.31. The quantitative estimate of drug-likeness (QED) is 0.825. The van der Waals surface area contributed by atoms with Crippen LogP contribution in [-0.2, 0) is 0 Å². The summed E-state index contributed by atoms with van der Waals surface area (Å²) in [5.41, 5.74) is 0.477. The van der Waals surface area contributed by atoms with Gasteiger partial charge in [0.15, 0.2) is 0 Å². The van der Waals surface area contributed by atoms with Crippen molar-refractivity contribution >= 4 is 0 Å². The van der Waals surface area contributed by atoms with Gasteiger partial charge in [-0.1, -0.05) is 19.8 Å². The fourth-order valence-corrected chi connectivity index (χ4v) is 4.47. The van der Waals surface area contributed by atoms with Gasteiger partial charge in [-0.05, 0) is 58.3 Å². The van der Waals surface area contributed by atoms with Crippen LogP contribution in [0, 0.1) is 0 Å². The fraction of sp³-hybridized carbons (Fsp3) is 1.00. The van der Waals surface area contributed by atoms with Crippen LogP contribution in [0.4, 0.5) is 0 Å². The molecule has 2 aliphatic heterocycles. The van der Waals surface area contributed by atoms with Gasteiger partial charge in [0.2, 0.25) is 0 Å². The van der Waals surface area contributed by atoms with E-state index in [0.29, 0.717) is 5.54 Å². The van der Waals surface area contributed by atoms with Gasteiger partial charge in [-0.3, -0.25) is 4.90 Å². The molecule has 1 aliphatic carbocycles. The van der Waals surface area contributed by atoms with Crippen molar-refractivity contribution in [2.45, 2.75) is 63.5 Å². The van der Waals surface area contributed by atoms with Crippen LogP contribution in [0.15, 0.2) is 0 Å². The Labute approximate surface area is 118 Å². The smallest absolute Gasteiger partial charge is 0.0308 e. The Morgan fingerprint density at radius 2 is 1.95 bits per heavy atom. The summed E-state index contributed by atoms with van der Waals surface area (Å²) in [6.07, 6.45) is 9.85. The first kappa shape index (κ1) is 13.8. The summed E-state index contributed by atoms with van der Waals surface area (Å²) in [6.45, 7) is 10.0. The number of hydrogen-bond acceptors (Lipinski definition) is 3. The van der Waals surface area contributed by atoms with E-state index in [9.17, 15) is 0 Å². The summed E-state index contributed by atoms with van der Waals surface area (Å²) >= 11 is 0. The van der Waals surface area contributed by atoms with Crippen LogP contribution >= 0.6 is 0 Å². The lowest BCUT2D eigenvalue weighted by molar-refractivity contribution is 0.0846. The molecule has 19 heavy (non-hydrogen) atoms. The van der Waals surface area contributed by atoms with E-state index in [-0.39, 0.29) is 0 Å². The number of hydrogen-bond donors (Lipinski definition) is 1. The third-order valence-electron chi connectivity index (χ3n) is 5.63. The van der Waals surface area contributed by atoms with Crippen LogP contribution in [0.2, 0.25) is 0 Å². The molecule has 0 aromatic carbocycles. The minimum atomic E-state index is 0.477. The molecule has 2 heterocycles. The Kier molecular flexibility index (Phi) is 4.45. The maximum Gasteiger partial charge on any atom is 0.0308 e. The van der Waals surface area contributed by atoms with Crippen molar-refractivity contribution in [1.29, 1.82) is 0 Å². The summed E-state index contributed by atoms with van der Waals surface area (Å²) in [7, 11) is 0. The minimum absolute atomic E-state index is 0.477. The molecule has 3 aliphatic rings. The molecular weight excluding hydrogens is 234 g/mol. The van der Waals surface area contributed by atoms with Gasteiger partial charge in [-0.25, -0.2) is 0 Å². The predicted molar refractivity (Wildman–Crippen MR) is 80.5 cm³/mol. The van der Waals surface area contributed by atoms with Gasteiger partial charge < -0.3 is 10.2 Å².